The summed E-state index contributed by atoms with van der Waals surface area (Å²) >= 11 is 0. The average molecular weight is 1090 g/mol. The van der Waals surface area contributed by atoms with Crippen LogP contribution in [0.5, 0.6) is 0 Å². The molecule has 0 aliphatic heterocycles. The van der Waals surface area contributed by atoms with Crippen molar-refractivity contribution < 1.29 is 28.6 Å². The third-order valence-corrected chi connectivity index (χ3v) is 15.0. The fraction of sp³-hybridized carbons (Fsp3) is 0.792. The zero-order chi connectivity index (χ0) is 56.4. The van der Waals surface area contributed by atoms with E-state index in [0.29, 0.717) is 19.3 Å². The molecule has 0 N–H and O–H groups in total. The molecular formula is C72H128O6. The molecule has 78 heavy (non-hydrogen) atoms. The normalized spacial score (nSPS) is 12.5. The number of rotatable bonds is 62. The molecule has 0 radical (unpaired) electrons. The minimum absolute atomic E-state index is 0.0728. The Kier molecular flexibility index (Phi) is 63.7. The Hall–Kier alpha value is -3.15. The van der Waals surface area contributed by atoms with E-state index < -0.39 is 6.10 Å². The first-order valence-corrected chi connectivity index (χ1v) is 33.9. The Bertz CT molecular complexity index is 1440. The van der Waals surface area contributed by atoms with Crippen LogP contribution in [0.2, 0.25) is 0 Å². The van der Waals surface area contributed by atoms with Gasteiger partial charge in [-0.05, 0) is 70.6 Å². The number of hydrogen-bond acceptors (Lipinski definition) is 6. The van der Waals surface area contributed by atoms with E-state index in [1.54, 1.807) is 0 Å². The second-order valence-corrected chi connectivity index (χ2v) is 22.7. The van der Waals surface area contributed by atoms with Gasteiger partial charge in [-0.2, -0.15) is 0 Å². The van der Waals surface area contributed by atoms with Gasteiger partial charge < -0.3 is 14.2 Å². The lowest BCUT2D eigenvalue weighted by molar-refractivity contribution is -0.167. The van der Waals surface area contributed by atoms with Crippen LogP contribution in [0.1, 0.15) is 348 Å². The summed E-state index contributed by atoms with van der Waals surface area (Å²) in [4.78, 5) is 38.3. The number of ether oxygens (including phenoxy) is 3. The van der Waals surface area contributed by atoms with Crippen molar-refractivity contribution in [3.05, 3.63) is 72.9 Å². The predicted octanol–water partition coefficient (Wildman–Crippen LogP) is 23.3. The van der Waals surface area contributed by atoms with E-state index >= 15 is 0 Å². The molecule has 6 heteroatoms. The van der Waals surface area contributed by atoms with Gasteiger partial charge in [-0.25, -0.2) is 0 Å². The van der Waals surface area contributed by atoms with E-state index in [-0.39, 0.29) is 31.1 Å². The third kappa shape index (κ3) is 63.7. The Morgan fingerprint density at radius 3 is 0.782 bits per heavy atom. The Morgan fingerprint density at radius 1 is 0.269 bits per heavy atom. The van der Waals surface area contributed by atoms with Gasteiger partial charge in [0, 0.05) is 19.3 Å². The maximum atomic E-state index is 12.9. The molecule has 0 spiro atoms. The fourth-order valence-corrected chi connectivity index (χ4v) is 9.92. The van der Waals surface area contributed by atoms with Crippen LogP contribution in [0.25, 0.3) is 0 Å². The third-order valence-electron chi connectivity index (χ3n) is 15.0. The highest BCUT2D eigenvalue weighted by Crippen LogP contribution is 2.18. The highest BCUT2D eigenvalue weighted by atomic mass is 16.6. The quantitative estimate of drug-likeness (QED) is 0.0261. The van der Waals surface area contributed by atoms with E-state index in [9.17, 15) is 14.4 Å². The molecular weight excluding hydrogens is 961 g/mol. The minimum atomic E-state index is -0.776. The molecule has 0 saturated heterocycles. The zero-order valence-corrected chi connectivity index (χ0v) is 51.9. The van der Waals surface area contributed by atoms with Gasteiger partial charge >= 0.3 is 17.9 Å². The summed E-state index contributed by atoms with van der Waals surface area (Å²) in [5.74, 6) is -0.862. The maximum absolute atomic E-state index is 12.9. The topological polar surface area (TPSA) is 78.9 Å². The number of allylic oxidation sites excluding steroid dienone is 12. The molecule has 0 aromatic carbocycles. The fourth-order valence-electron chi connectivity index (χ4n) is 9.92. The van der Waals surface area contributed by atoms with Crippen LogP contribution in [0.4, 0.5) is 0 Å². The first-order valence-electron chi connectivity index (χ1n) is 33.9. The Morgan fingerprint density at radius 2 is 0.500 bits per heavy atom. The van der Waals surface area contributed by atoms with Crippen LogP contribution in [-0.4, -0.2) is 37.2 Å². The standard InChI is InChI=1S/C72H128O6/c1-4-7-10-13-16-19-22-24-26-28-30-32-34-35-36-37-38-40-41-43-45-47-50-53-56-59-62-65-71(74)77-68-69(67-76-70(73)64-61-58-55-52-49-21-18-15-12-9-6-3)78-72(75)66-63-60-57-54-51-48-46-44-42-39-33-31-29-27-25-23-20-17-14-11-8-5-2/h7,10,16,19,24,26,30,32,35-36,38,40,69H,4-6,8-9,11-15,17-18,20-23,25,27-29,31,33-34,37,39,41-68H2,1-3H3/b10-7-,19-16-,26-24-,32-30-,36-35-,40-38-. The number of esters is 3. The van der Waals surface area contributed by atoms with Gasteiger partial charge in [-0.1, -0.05) is 331 Å². The second kappa shape index (κ2) is 66.4. The van der Waals surface area contributed by atoms with Crippen LogP contribution in [-0.2, 0) is 28.6 Å². The molecule has 0 amide bonds. The predicted molar refractivity (Wildman–Crippen MR) is 339 cm³/mol. The second-order valence-electron chi connectivity index (χ2n) is 22.7. The van der Waals surface area contributed by atoms with Crippen molar-refractivity contribution in [1.29, 1.82) is 0 Å². The first kappa shape index (κ1) is 74.8. The smallest absolute Gasteiger partial charge is 0.306 e. The van der Waals surface area contributed by atoms with Crippen molar-refractivity contribution in [2.75, 3.05) is 13.2 Å². The number of hydrogen-bond donors (Lipinski definition) is 0. The van der Waals surface area contributed by atoms with Crippen molar-refractivity contribution in [3.63, 3.8) is 0 Å². The lowest BCUT2D eigenvalue weighted by Gasteiger charge is -2.18. The van der Waals surface area contributed by atoms with Crippen LogP contribution < -0.4 is 0 Å². The summed E-state index contributed by atoms with van der Waals surface area (Å²) in [6, 6.07) is 0. The molecule has 0 aliphatic rings. The van der Waals surface area contributed by atoms with Crippen LogP contribution >= 0.6 is 0 Å². The van der Waals surface area contributed by atoms with E-state index in [1.165, 1.54) is 205 Å². The molecule has 0 aliphatic carbocycles. The van der Waals surface area contributed by atoms with Gasteiger partial charge in [0.2, 0.25) is 0 Å². The highest BCUT2D eigenvalue weighted by molar-refractivity contribution is 5.71. The highest BCUT2D eigenvalue weighted by Gasteiger charge is 2.19. The van der Waals surface area contributed by atoms with Gasteiger partial charge in [0.15, 0.2) is 6.10 Å². The molecule has 0 rings (SSSR count). The maximum Gasteiger partial charge on any atom is 0.306 e. The molecule has 1 unspecified atom stereocenters. The zero-order valence-electron chi connectivity index (χ0n) is 51.9. The van der Waals surface area contributed by atoms with Gasteiger partial charge in [-0.15, -0.1) is 0 Å². The lowest BCUT2D eigenvalue weighted by Crippen LogP contribution is -2.30. The summed E-state index contributed by atoms with van der Waals surface area (Å²) in [7, 11) is 0. The van der Waals surface area contributed by atoms with Crippen molar-refractivity contribution >= 4 is 17.9 Å². The Labute approximate surface area is 484 Å². The summed E-state index contributed by atoms with van der Waals surface area (Å²) in [5, 5.41) is 0. The van der Waals surface area contributed by atoms with Gasteiger partial charge in [0.25, 0.3) is 0 Å². The van der Waals surface area contributed by atoms with E-state index in [4.69, 9.17) is 14.2 Å². The molecule has 0 saturated carbocycles. The van der Waals surface area contributed by atoms with Gasteiger partial charge in [0.1, 0.15) is 13.2 Å². The van der Waals surface area contributed by atoms with Gasteiger partial charge in [0.05, 0.1) is 0 Å². The van der Waals surface area contributed by atoms with Crippen molar-refractivity contribution in [3.8, 4) is 0 Å². The monoisotopic (exact) mass is 1090 g/mol. The van der Waals surface area contributed by atoms with Crippen molar-refractivity contribution in [2.45, 2.75) is 354 Å². The SMILES string of the molecule is CC/C=C\C/C=C\C/C=C\C/C=C\C/C=C\C/C=C\CCCCCCCCCCC(=O)OCC(COC(=O)CCCCCCCCCCCCC)OC(=O)CCCCCCCCCCCCCCCCCCCCCCCC. The molecule has 0 aromatic heterocycles. The molecule has 452 valence electrons. The van der Waals surface area contributed by atoms with Gasteiger partial charge in [-0.3, -0.25) is 14.4 Å². The minimum Gasteiger partial charge on any atom is -0.462 e. The molecule has 0 aromatic rings. The molecule has 1 atom stereocenters. The first-order chi connectivity index (χ1) is 38.5. The summed E-state index contributed by atoms with van der Waals surface area (Å²) < 4.78 is 16.9. The average Bonchev–Trinajstić information content (AvgIpc) is 3.44. The molecule has 6 nitrogen and oxygen atoms in total. The van der Waals surface area contributed by atoms with Crippen molar-refractivity contribution in [1.82, 2.24) is 0 Å². The lowest BCUT2D eigenvalue weighted by atomic mass is 10.0. The summed E-state index contributed by atoms with van der Waals surface area (Å²) in [6.45, 7) is 6.57. The number of carbonyl (C=O) groups is 3. The van der Waals surface area contributed by atoms with Crippen molar-refractivity contribution in [2.24, 2.45) is 0 Å². The molecule has 0 fully saturated rings. The Balaban J connectivity index is 4.25. The van der Waals surface area contributed by atoms with E-state index in [0.717, 1.165) is 103 Å². The number of unbranched alkanes of at least 4 members (excludes halogenated alkanes) is 39. The molecule has 0 heterocycles. The van der Waals surface area contributed by atoms with Crippen LogP contribution in [0.3, 0.4) is 0 Å². The van der Waals surface area contributed by atoms with Crippen LogP contribution in [0, 0.1) is 0 Å². The van der Waals surface area contributed by atoms with Crippen LogP contribution in [0.15, 0.2) is 72.9 Å². The van der Waals surface area contributed by atoms with E-state index in [2.05, 4.69) is 93.7 Å². The largest absolute Gasteiger partial charge is 0.462 e. The summed E-state index contributed by atoms with van der Waals surface area (Å²) in [6.07, 6.45) is 86.4. The molecule has 0 bridgehead atoms. The summed E-state index contributed by atoms with van der Waals surface area (Å²) in [5.41, 5.74) is 0. The van der Waals surface area contributed by atoms with E-state index in [1.807, 2.05) is 0 Å². The number of carbonyl (C=O) groups excluding carboxylic acids is 3.